The molecular weight excluding hydrogens is 265 g/mol. The average molecular weight is 272 g/mol. The summed E-state index contributed by atoms with van der Waals surface area (Å²) < 4.78 is 86.0. The minimum Gasteiger partial charge on any atom is -0.195 e. The van der Waals surface area contributed by atoms with E-state index < -0.39 is 24.1 Å². The molecule has 0 saturated carbocycles. The third-order valence-electron chi connectivity index (χ3n) is 2.06. The Morgan fingerprint density at radius 2 is 1.28 bits per heavy atom. The van der Waals surface area contributed by atoms with E-state index in [-0.39, 0.29) is 5.56 Å². The van der Waals surface area contributed by atoms with Gasteiger partial charge >= 0.3 is 18.0 Å². The minimum absolute atomic E-state index is 0.0927. The SMILES string of the molecule is FC(F)(F)C(F)(F)C(F)(F)/C=C/c1ccccc1. The van der Waals surface area contributed by atoms with Gasteiger partial charge in [0.25, 0.3) is 0 Å². The predicted molar refractivity (Wildman–Crippen MR) is 51.4 cm³/mol. The molecule has 0 aliphatic rings. The molecule has 0 unspecified atom stereocenters. The third-order valence-corrected chi connectivity index (χ3v) is 2.06. The van der Waals surface area contributed by atoms with Crippen LogP contribution in [0.15, 0.2) is 36.4 Å². The number of benzene rings is 1. The van der Waals surface area contributed by atoms with Crippen molar-refractivity contribution in [2.45, 2.75) is 18.0 Å². The summed E-state index contributed by atoms with van der Waals surface area (Å²) in [6.45, 7) is 0. The van der Waals surface area contributed by atoms with Crippen molar-refractivity contribution in [3.05, 3.63) is 42.0 Å². The molecule has 1 aromatic rings. The van der Waals surface area contributed by atoms with Gasteiger partial charge < -0.3 is 0 Å². The Kier molecular flexibility index (Phi) is 3.73. The summed E-state index contributed by atoms with van der Waals surface area (Å²) in [5.74, 6) is -11.4. The second kappa shape index (κ2) is 4.62. The van der Waals surface area contributed by atoms with Crippen LogP contribution in [0.1, 0.15) is 5.56 Å². The first-order valence-electron chi connectivity index (χ1n) is 4.64. The molecule has 0 fully saturated rings. The monoisotopic (exact) mass is 272 g/mol. The lowest BCUT2D eigenvalue weighted by molar-refractivity contribution is -0.341. The van der Waals surface area contributed by atoms with Crippen molar-refractivity contribution in [1.82, 2.24) is 0 Å². The maximum atomic E-state index is 12.8. The zero-order chi connectivity index (χ0) is 14.0. The van der Waals surface area contributed by atoms with Crippen molar-refractivity contribution < 1.29 is 30.7 Å². The van der Waals surface area contributed by atoms with E-state index in [0.29, 0.717) is 6.08 Å². The Balaban J connectivity index is 2.98. The quantitative estimate of drug-likeness (QED) is 0.709. The van der Waals surface area contributed by atoms with Gasteiger partial charge in [-0.2, -0.15) is 30.7 Å². The maximum absolute atomic E-state index is 12.8. The highest BCUT2D eigenvalue weighted by Crippen LogP contribution is 2.47. The molecule has 0 amide bonds. The maximum Gasteiger partial charge on any atom is 0.460 e. The Morgan fingerprint density at radius 3 is 1.72 bits per heavy atom. The fourth-order valence-corrected chi connectivity index (χ4v) is 1.06. The number of allylic oxidation sites excluding steroid dienone is 1. The smallest absolute Gasteiger partial charge is 0.195 e. The number of alkyl halides is 7. The Labute approximate surface area is 97.7 Å². The molecule has 0 saturated heterocycles. The molecule has 1 rings (SSSR count). The fourth-order valence-electron chi connectivity index (χ4n) is 1.06. The van der Waals surface area contributed by atoms with E-state index in [0.717, 1.165) is 0 Å². The van der Waals surface area contributed by atoms with Crippen molar-refractivity contribution in [2.75, 3.05) is 0 Å². The van der Waals surface area contributed by atoms with Crippen LogP contribution in [0.5, 0.6) is 0 Å². The van der Waals surface area contributed by atoms with Gasteiger partial charge in [0.05, 0.1) is 0 Å². The zero-order valence-corrected chi connectivity index (χ0v) is 8.69. The van der Waals surface area contributed by atoms with Crippen molar-refractivity contribution in [3.8, 4) is 0 Å². The minimum atomic E-state index is -6.31. The highest BCUT2D eigenvalue weighted by Gasteiger charge is 2.71. The molecule has 0 atom stereocenters. The first kappa shape index (κ1) is 14.5. The predicted octanol–water partition coefficient (Wildman–Crippen LogP) is 4.53. The summed E-state index contributed by atoms with van der Waals surface area (Å²) in [6.07, 6.45) is -6.24. The van der Waals surface area contributed by atoms with Gasteiger partial charge in [0, 0.05) is 0 Å². The molecule has 7 heteroatoms. The number of hydrogen-bond donors (Lipinski definition) is 0. The third kappa shape index (κ3) is 2.83. The van der Waals surface area contributed by atoms with Crippen molar-refractivity contribution in [3.63, 3.8) is 0 Å². The first-order chi connectivity index (χ1) is 8.08. The molecule has 0 nitrogen and oxygen atoms in total. The molecule has 1 aromatic carbocycles. The summed E-state index contributed by atoms with van der Waals surface area (Å²) in [6, 6.07) is 6.98. The van der Waals surface area contributed by atoms with Crippen LogP contribution in [0.2, 0.25) is 0 Å². The second-order valence-corrected chi connectivity index (χ2v) is 3.44. The zero-order valence-electron chi connectivity index (χ0n) is 8.69. The molecule has 0 radical (unpaired) electrons. The topological polar surface area (TPSA) is 0 Å². The number of hydrogen-bond acceptors (Lipinski definition) is 0. The van der Waals surface area contributed by atoms with Crippen LogP contribution in [-0.2, 0) is 0 Å². The van der Waals surface area contributed by atoms with Crippen LogP contribution < -0.4 is 0 Å². The van der Waals surface area contributed by atoms with Crippen LogP contribution >= 0.6 is 0 Å². The summed E-state index contributed by atoms with van der Waals surface area (Å²) in [4.78, 5) is 0. The summed E-state index contributed by atoms with van der Waals surface area (Å²) >= 11 is 0. The molecule has 0 aromatic heterocycles. The van der Waals surface area contributed by atoms with Crippen LogP contribution in [0.3, 0.4) is 0 Å². The molecule has 0 aliphatic carbocycles. The number of rotatable bonds is 3. The Bertz CT molecular complexity index is 417. The van der Waals surface area contributed by atoms with E-state index in [4.69, 9.17) is 0 Å². The molecule has 0 N–H and O–H groups in total. The molecule has 18 heavy (non-hydrogen) atoms. The normalized spacial score (nSPS) is 14.2. The summed E-state index contributed by atoms with van der Waals surface area (Å²) in [7, 11) is 0. The van der Waals surface area contributed by atoms with Gasteiger partial charge in [0.2, 0.25) is 0 Å². The van der Waals surface area contributed by atoms with Gasteiger partial charge in [-0.3, -0.25) is 0 Å². The van der Waals surface area contributed by atoms with Crippen molar-refractivity contribution in [1.29, 1.82) is 0 Å². The molecule has 0 heterocycles. The van der Waals surface area contributed by atoms with E-state index in [1.165, 1.54) is 24.3 Å². The van der Waals surface area contributed by atoms with E-state index in [1.54, 1.807) is 6.07 Å². The lowest BCUT2D eigenvalue weighted by Crippen LogP contribution is -2.50. The largest absolute Gasteiger partial charge is 0.460 e. The van der Waals surface area contributed by atoms with E-state index in [1.807, 2.05) is 0 Å². The summed E-state index contributed by atoms with van der Waals surface area (Å²) in [5, 5.41) is 0. The Morgan fingerprint density at radius 1 is 0.778 bits per heavy atom. The van der Waals surface area contributed by atoms with Crippen LogP contribution in [0.25, 0.3) is 6.08 Å². The lowest BCUT2D eigenvalue weighted by atomic mass is 10.1. The molecule has 0 aliphatic heterocycles. The number of halogens is 7. The van der Waals surface area contributed by atoms with Gasteiger partial charge in [-0.15, -0.1) is 0 Å². The second-order valence-electron chi connectivity index (χ2n) is 3.44. The van der Waals surface area contributed by atoms with Gasteiger partial charge in [-0.05, 0) is 11.6 Å². The van der Waals surface area contributed by atoms with E-state index >= 15 is 0 Å². The van der Waals surface area contributed by atoms with Crippen molar-refractivity contribution in [2.24, 2.45) is 0 Å². The average Bonchev–Trinajstić information content (AvgIpc) is 2.26. The molecule has 0 spiro atoms. The van der Waals surface area contributed by atoms with E-state index in [2.05, 4.69) is 0 Å². The molecule has 0 bridgehead atoms. The molecule has 100 valence electrons. The first-order valence-corrected chi connectivity index (χ1v) is 4.64. The van der Waals surface area contributed by atoms with Gasteiger partial charge in [0.15, 0.2) is 0 Å². The standard InChI is InChI=1S/C11H7F7/c12-9(13,10(14,15)11(16,17)18)7-6-8-4-2-1-3-5-8/h1-7H/b7-6+. The van der Waals surface area contributed by atoms with Crippen LogP contribution in [-0.4, -0.2) is 18.0 Å². The highest BCUT2D eigenvalue weighted by molar-refractivity contribution is 5.50. The highest BCUT2D eigenvalue weighted by atomic mass is 19.4. The van der Waals surface area contributed by atoms with Crippen LogP contribution in [0, 0.1) is 0 Å². The fraction of sp³-hybridized carbons (Fsp3) is 0.273. The Hall–Kier alpha value is -1.53. The van der Waals surface area contributed by atoms with Crippen LogP contribution in [0.4, 0.5) is 30.7 Å². The molecular formula is C11H7F7. The lowest BCUT2D eigenvalue weighted by Gasteiger charge is -2.25. The van der Waals surface area contributed by atoms with Gasteiger partial charge in [0.1, 0.15) is 0 Å². The van der Waals surface area contributed by atoms with Gasteiger partial charge in [-0.25, -0.2) is 0 Å². The van der Waals surface area contributed by atoms with Gasteiger partial charge in [-0.1, -0.05) is 36.4 Å². The van der Waals surface area contributed by atoms with Crippen molar-refractivity contribution >= 4 is 6.08 Å². The summed E-state index contributed by atoms with van der Waals surface area (Å²) in [5.41, 5.74) is 0.0927. The van der Waals surface area contributed by atoms with E-state index in [9.17, 15) is 30.7 Å².